The van der Waals surface area contributed by atoms with E-state index in [9.17, 15) is 4.79 Å². The highest BCUT2D eigenvalue weighted by molar-refractivity contribution is 6.30. The van der Waals surface area contributed by atoms with Gasteiger partial charge in [0, 0.05) is 41.9 Å². The van der Waals surface area contributed by atoms with Crippen LogP contribution in [-0.2, 0) is 6.54 Å². The van der Waals surface area contributed by atoms with Gasteiger partial charge in [0.2, 0.25) is 0 Å². The summed E-state index contributed by atoms with van der Waals surface area (Å²) in [6.45, 7) is 0.441. The second-order valence-corrected chi connectivity index (χ2v) is 6.56. The lowest BCUT2D eigenvalue weighted by molar-refractivity contribution is 0.0950. The van der Waals surface area contributed by atoms with Gasteiger partial charge in [0.1, 0.15) is 0 Å². The molecule has 0 unspecified atom stereocenters. The molecule has 0 fully saturated rings. The molecular weight excluding hydrogens is 374 g/mol. The molecule has 0 aliphatic rings. The first-order valence-corrected chi connectivity index (χ1v) is 9.01. The number of aromatic nitrogens is 4. The van der Waals surface area contributed by atoms with Gasteiger partial charge in [-0.2, -0.15) is 5.10 Å². The summed E-state index contributed by atoms with van der Waals surface area (Å²) in [5.41, 5.74) is 4.00. The van der Waals surface area contributed by atoms with Crippen LogP contribution >= 0.6 is 11.6 Å². The van der Waals surface area contributed by atoms with Crippen LogP contribution < -0.4 is 5.32 Å². The number of nitrogens with one attached hydrogen (secondary N) is 1. The third kappa shape index (κ3) is 4.07. The third-order valence-electron chi connectivity index (χ3n) is 4.20. The summed E-state index contributed by atoms with van der Waals surface area (Å²) in [4.78, 5) is 20.6. The van der Waals surface area contributed by atoms with Crippen molar-refractivity contribution in [3.63, 3.8) is 0 Å². The van der Waals surface area contributed by atoms with Gasteiger partial charge in [-0.1, -0.05) is 11.6 Å². The lowest BCUT2D eigenvalue weighted by Gasteiger charge is -2.05. The van der Waals surface area contributed by atoms with E-state index < -0.39 is 0 Å². The van der Waals surface area contributed by atoms with Crippen LogP contribution in [0.25, 0.3) is 16.9 Å². The van der Waals surface area contributed by atoms with Crippen molar-refractivity contribution in [2.24, 2.45) is 0 Å². The number of hydrogen-bond acceptors (Lipinski definition) is 4. The van der Waals surface area contributed by atoms with Crippen LogP contribution in [0.4, 0.5) is 0 Å². The molecule has 0 saturated carbocycles. The maximum absolute atomic E-state index is 12.3. The van der Waals surface area contributed by atoms with Gasteiger partial charge in [-0.15, -0.1) is 0 Å². The van der Waals surface area contributed by atoms with E-state index in [1.54, 1.807) is 35.5 Å². The second-order valence-electron chi connectivity index (χ2n) is 6.12. The Morgan fingerprint density at radius 1 is 1.00 bits per heavy atom. The molecule has 0 saturated heterocycles. The second kappa shape index (κ2) is 8.02. The Bertz CT molecular complexity index is 1080. The maximum atomic E-state index is 12.3. The van der Waals surface area contributed by atoms with Crippen LogP contribution in [-0.4, -0.2) is 25.7 Å². The zero-order valence-electron chi connectivity index (χ0n) is 14.8. The van der Waals surface area contributed by atoms with E-state index in [0.717, 1.165) is 22.5 Å². The molecule has 0 aliphatic carbocycles. The third-order valence-corrected chi connectivity index (χ3v) is 4.45. The van der Waals surface area contributed by atoms with Crippen molar-refractivity contribution >= 4 is 17.5 Å². The Morgan fingerprint density at radius 2 is 1.79 bits per heavy atom. The topological polar surface area (TPSA) is 72.7 Å². The normalized spacial score (nSPS) is 10.6. The summed E-state index contributed by atoms with van der Waals surface area (Å²) in [5.74, 6) is -0.173. The Morgan fingerprint density at radius 3 is 2.50 bits per heavy atom. The quantitative estimate of drug-likeness (QED) is 0.561. The van der Waals surface area contributed by atoms with Gasteiger partial charge in [-0.3, -0.25) is 14.8 Å². The van der Waals surface area contributed by atoms with E-state index in [4.69, 9.17) is 11.6 Å². The van der Waals surface area contributed by atoms with Crippen molar-refractivity contribution in [3.05, 3.63) is 95.7 Å². The number of hydrogen-bond donors (Lipinski definition) is 1. The molecule has 4 rings (SSSR count). The highest BCUT2D eigenvalue weighted by Crippen LogP contribution is 2.19. The molecule has 4 aromatic rings. The fourth-order valence-electron chi connectivity index (χ4n) is 2.67. The predicted octanol–water partition coefficient (Wildman–Crippen LogP) is 3.91. The average Bonchev–Trinajstić information content (AvgIpc) is 3.24. The zero-order chi connectivity index (χ0) is 19.3. The van der Waals surface area contributed by atoms with Gasteiger partial charge in [-0.25, -0.2) is 4.68 Å². The van der Waals surface area contributed by atoms with Crippen LogP contribution in [0.3, 0.4) is 0 Å². The lowest BCUT2D eigenvalue weighted by Crippen LogP contribution is -2.22. The first-order chi connectivity index (χ1) is 13.7. The predicted molar refractivity (Wildman–Crippen MR) is 107 cm³/mol. The minimum Gasteiger partial charge on any atom is -0.348 e. The van der Waals surface area contributed by atoms with Gasteiger partial charge in [0.05, 0.1) is 23.1 Å². The van der Waals surface area contributed by atoms with Crippen LogP contribution in [0.1, 0.15) is 15.9 Å². The first kappa shape index (κ1) is 17.9. The van der Waals surface area contributed by atoms with E-state index in [-0.39, 0.29) is 5.91 Å². The van der Waals surface area contributed by atoms with E-state index in [2.05, 4.69) is 20.4 Å². The number of halogens is 1. The minimum atomic E-state index is -0.173. The molecule has 0 spiro atoms. The summed E-state index contributed by atoms with van der Waals surface area (Å²) < 4.78 is 1.75. The average molecular weight is 390 g/mol. The highest BCUT2D eigenvalue weighted by atomic mass is 35.5. The largest absolute Gasteiger partial charge is 0.348 e. The fourth-order valence-corrected chi connectivity index (χ4v) is 2.80. The Labute approximate surface area is 166 Å². The number of rotatable bonds is 5. The molecule has 0 atom stereocenters. The fraction of sp³-hybridized carbons (Fsp3) is 0.0476. The SMILES string of the molecule is O=C(NCc1ccncc1)c1ccc(-c2cnn(-c3ccc(Cl)cc3)c2)nc1. The van der Waals surface area contributed by atoms with Crippen molar-refractivity contribution in [2.45, 2.75) is 6.54 Å². The molecule has 6 nitrogen and oxygen atoms in total. The van der Waals surface area contributed by atoms with Crippen molar-refractivity contribution in [1.29, 1.82) is 0 Å². The van der Waals surface area contributed by atoms with Crippen LogP contribution in [0.2, 0.25) is 5.02 Å². The van der Waals surface area contributed by atoms with Gasteiger partial charge in [0.25, 0.3) is 5.91 Å². The molecule has 28 heavy (non-hydrogen) atoms. The molecular formula is C21H16ClN5O. The van der Waals surface area contributed by atoms with E-state index in [1.807, 2.05) is 48.7 Å². The molecule has 1 amide bonds. The Balaban J connectivity index is 1.44. The van der Waals surface area contributed by atoms with Gasteiger partial charge >= 0.3 is 0 Å². The molecule has 1 aromatic carbocycles. The first-order valence-electron chi connectivity index (χ1n) is 8.63. The van der Waals surface area contributed by atoms with E-state index in [1.165, 1.54) is 0 Å². The maximum Gasteiger partial charge on any atom is 0.253 e. The molecule has 7 heteroatoms. The molecule has 0 bridgehead atoms. The molecule has 3 aromatic heterocycles. The van der Waals surface area contributed by atoms with Crippen LogP contribution in [0.15, 0.2) is 79.5 Å². The van der Waals surface area contributed by atoms with Crippen molar-refractivity contribution in [3.8, 4) is 16.9 Å². The monoisotopic (exact) mass is 389 g/mol. The summed E-state index contributed by atoms with van der Waals surface area (Å²) in [5, 5.41) is 7.91. The Kier molecular flexibility index (Phi) is 5.12. The summed E-state index contributed by atoms with van der Waals surface area (Å²) in [6.07, 6.45) is 8.58. The molecule has 138 valence electrons. The Hall–Kier alpha value is -3.51. The molecule has 0 radical (unpaired) electrons. The number of carbonyl (C=O) groups excluding carboxylic acids is 1. The lowest BCUT2D eigenvalue weighted by atomic mass is 10.2. The number of carbonyl (C=O) groups is 1. The zero-order valence-corrected chi connectivity index (χ0v) is 15.5. The smallest absolute Gasteiger partial charge is 0.253 e. The van der Waals surface area contributed by atoms with Crippen molar-refractivity contribution in [1.82, 2.24) is 25.1 Å². The van der Waals surface area contributed by atoms with Crippen LogP contribution in [0, 0.1) is 0 Å². The number of nitrogens with zero attached hydrogens (tertiary/aromatic N) is 4. The van der Waals surface area contributed by atoms with Crippen LogP contribution in [0.5, 0.6) is 0 Å². The summed E-state index contributed by atoms with van der Waals surface area (Å²) in [6, 6.07) is 14.7. The van der Waals surface area contributed by atoms with Gasteiger partial charge in [-0.05, 0) is 54.1 Å². The van der Waals surface area contributed by atoms with Gasteiger partial charge in [0.15, 0.2) is 0 Å². The molecule has 1 N–H and O–H groups in total. The van der Waals surface area contributed by atoms with E-state index in [0.29, 0.717) is 17.1 Å². The summed E-state index contributed by atoms with van der Waals surface area (Å²) in [7, 11) is 0. The molecule has 3 heterocycles. The van der Waals surface area contributed by atoms with Crippen molar-refractivity contribution < 1.29 is 4.79 Å². The standard InChI is InChI=1S/C21H16ClN5O/c22-18-2-4-19(5-3-18)27-14-17(13-26-27)20-6-1-16(12-24-20)21(28)25-11-15-7-9-23-10-8-15/h1-10,12-14H,11H2,(H,25,28). The van der Waals surface area contributed by atoms with E-state index >= 15 is 0 Å². The minimum absolute atomic E-state index is 0.173. The number of pyridine rings is 2. The number of benzene rings is 1. The molecule has 0 aliphatic heterocycles. The van der Waals surface area contributed by atoms with Crippen molar-refractivity contribution in [2.75, 3.05) is 0 Å². The number of amides is 1. The highest BCUT2D eigenvalue weighted by Gasteiger charge is 2.09. The summed E-state index contributed by atoms with van der Waals surface area (Å²) >= 11 is 5.92. The van der Waals surface area contributed by atoms with Gasteiger partial charge < -0.3 is 5.32 Å².